The molecular formula is C19H18ClNO2. The van der Waals surface area contributed by atoms with Crippen molar-refractivity contribution in [3.8, 4) is 17.6 Å². The summed E-state index contributed by atoms with van der Waals surface area (Å²) in [6.45, 7) is 4.43. The quantitative estimate of drug-likeness (QED) is 0.565. The minimum absolute atomic E-state index is 0.505. The zero-order chi connectivity index (χ0) is 16.8. The zero-order valence-corrected chi connectivity index (χ0v) is 14.1. The summed E-state index contributed by atoms with van der Waals surface area (Å²) in [5, 5.41) is 9.96. The van der Waals surface area contributed by atoms with Crippen LogP contribution < -0.4 is 9.47 Å². The number of nitrogens with zero attached hydrogens (tertiary/aromatic N) is 1. The maximum atomic E-state index is 9.46. The molecule has 118 valence electrons. The number of halogens is 1. The van der Waals surface area contributed by atoms with E-state index < -0.39 is 0 Å². The second-order valence-electron chi connectivity index (χ2n) is 4.99. The number of methoxy groups -OCH3 is 1. The minimum atomic E-state index is 0.505. The Morgan fingerprint density at radius 1 is 1.22 bits per heavy atom. The van der Waals surface area contributed by atoms with E-state index in [2.05, 4.69) is 6.07 Å². The fourth-order valence-electron chi connectivity index (χ4n) is 2.16. The SMILES string of the molecule is CCOc1cc(/C=C(/C#N)c2ccc(C)cc2)c(Cl)cc1OC. The number of hydrogen-bond acceptors (Lipinski definition) is 3. The van der Waals surface area contributed by atoms with E-state index in [9.17, 15) is 5.26 Å². The highest BCUT2D eigenvalue weighted by atomic mass is 35.5. The number of hydrogen-bond donors (Lipinski definition) is 0. The molecule has 0 unspecified atom stereocenters. The highest BCUT2D eigenvalue weighted by molar-refractivity contribution is 6.32. The summed E-state index contributed by atoms with van der Waals surface area (Å²) in [4.78, 5) is 0. The van der Waals surface area contributed by atoms with Gasteiger partial charge in [0.1, 0.15) is 0 Å². The zero-order valence-electron chi connectivity index (χ0n) is 13.4. The first-order chi connectivity index (χ1) is 11.1. The average Bonchev–Trinajstić information content (AvgIpc) is 2.56. The van der Waals surface area contributed by atoms with Crippen LogP contribution in [0.2, 0.25) is 5.02 Å². The minimum Gasteiger partial charge on any atom is -0.493 e. The van der Waals surface area contributed by atoms with Crippen molar-refractivity contribution in [3.63, 3.8) is 0 Å². The molecule has 0 atom stereocenters. The van der Waals surface area contributed by atoms with Gasteiger partial charge >= 0.3 is 0 Å². The molecule has 0 aromatic heterocycles. The molecule has 0 spiro atoms. The van der Waals surface area contributed by atoms with Crippen LogP contribution in [0.4, 0.5) is 0 Å². The monoisotopic (exact) mass is 327 g/mol. The van der Waals surface area contributed by atoms with Crippen LogP contribution in [0.1, 0.15) is 23.6 Å². The van der Waals surface area contributed by atoms with Gasteiger partial charge in [0, 0.05) is 6.07 Å². The molecule has 0 aliphatic carbocycles. The predicted molar refractivity (Wildman–Crippen MR) is 93.8 cm³/mol. The van der Waals surface area contributed by atoms with Crippen LogP contribution in [0.3, 0.4) is 0 Å². The second-order valence-corrected chi connectivity index (χ2v) is 5.40. The Hall–Kier alpha value is -2.44. The van der Waals surface area contributed by atoms with Gasteiger partial charge in [0.25, 0.3) is 0 Å². The van der Waals surface area contributed by atoms with Crippen molar-refractivity contribution in [1.82, 2.24) is 0 Å². The second kappa shape index (κ2) is 7.71. The van der Waals surface area contributed by atoms with E-state index in [4.69, 9.17) is 21.1 Å². The van der Waals surface area contributed by atoms with Crippen LogP contribution in [-0.2, 0) is 0 Å². The average molecular weight is 328 g/mol. The molecule has 23 heavy (non-hydrogen) atoms. The molecule has 0 saturated carbocycles. The maximum Gasteiger partial charge on any atom is 0.162 e. The van der Waals surface area contributed by atoms with Gasteiger partial charge < -0.3 is 9.47 Å². The first kappa shape index (κ1) is 16.9. The van der Waals surface area contributed by atoms with Crippen LogP contribution in [0.25, 0.3) is 11.6 Å². The lowest BCUT2D eigenvalue weighted by Crippen LogP contribution is -1.96. The lowest BCUT2D eigenvalue weighted by atomic mass is 10.0. The van der Waals surface area contributed by atoms with Crippen molar-refractivity contribution >= 4 is 23.3 Å². The summed E-state index contributed by atoms with van der Waals surface area (Å²) < 4.78 is 10.8. The number of aryl methyl sites for hydroxylation is 1. The Morgan fingerprint density at radius 3 is 2.48 bits per heavy atom. The van der Waals surface area contributed by atoms with Crippen molar-refractivity contribution in [2.45, 2.75) is 13.8 Å². The Kier molecular flexibility index (Phi) is 5.67. The van der Waals surface area contributed by atoms with Gasteiger partial charge in [-0.25, -0.2) is 0 Å². The van der Waals surface area contributed by atoms with Gasteiger partial charge in [-0.15, -0.1) is 0 Å². The molecule has 0 bridgehead atoms. The van der Waals surface area contributed by atoms with Crippen molar-refractivity contribution < 1.29 is 9.47 Å². The lowest BCUT2D eigenvalue weighted by Gasteiger charge is -2.11. The third-order valence-electron chi connectivity index (χ3n) is 3.37. The van der Waals surface area contributed by atoms with Gasteiger partial charge in [-0.2, -0.15) is 5.26 Å². The third-order valence-corrected chi connectivity index (χ3v) is 3.69. The molecule has 0 heterocycles. The maximum absolute atomic E-state index is 9.46. The highest BCUT2D eigenvalue weighted by Gasteiger charge is 2.10. The molecule has 0 amide bonds. The number of rotatable bonds is 5. The van der Waals surface area contributed by atoms with Crippen molar-refractivity contribution in [1.29, 1.82) is 5.26 Å². The van der Waals surface area contributed by atoms with Crippen LogP contribution >= 0.6 is 11.6 Å². The van der Waals surface area contributed by atoms with Crippen LogP contribution in [0.15, 0.2) is 36.4 Å². The van der Waals surface area contributed by atoms with Gasteiger partial charge in [0.15, 0.2) is 11.5 Å². The van der Waals surface area contributed by atoms with Crippen molar-refractivity contribution in [2.24, 2.45) is 0 Å². The van der Waals surface area contributed by atoms with Gasteiger partial charge in [0.05, 0.1) is 30.4 Å². The molecule has 2 rings (SSSR count). The summed E-state index contributed by atoms with van der Waals surface area (Å²) in [6, 6.07) is 13.5. The molecule has 4 heteroatoms. The smallest absolute Gasteiger partial charge is 0.162 e. The third kappa shape index (κ3) is 4.06. The molecule has 2 aromatic rings. The summed E-state index contributed by atoms with van der Waals surface area (Å²) in [6.07, 6.45) is 1.76. The first-order valence-corrected chi connectivity index (χ1v) is 7.66. The fraction of sp³-hybridized carbons (Fsp3) is 0.211. The topological polar surface area (TPSA) is 42.2 Å². The van der Waals surface area contributed by atoms with Crippen molar-refractivity contribution in [2.75, 3.05) is 13.7 Å². The summed E-state index contributed by atoms with van der Waals surface area (Å²) in [5.74, 6) is 1.18. The number of ether oxygens (including phenoxy) is 2. The Bertz CT molecular complexity index is 758. The molecule has 0 radical (unpaired) electrons. The van der Waals surface area contributed by atoms with Gasteiger partial charge in [-0.05, 0) is 37.1 Å². The molecule has 3 nitrogen and oxygen atoms in total. The van der Waals surface area contributed by atoms with Crippen LogP contribution in [0.5, 0.6) is 11.5 Å². The molecule has 0 aliphatic rings. The van der Waals surface area contributed by atoms with E-state index in [1.54, 1.807) is 25.3 Å². The van der Waals surface area contributed by atoms with Gasteiger partial charge in [0.2, 0.25) is 0 Å². The van der Waals surface area contributed by atoms with Crippen LogP contribution in [0, 0.1) is 18.3 Å². The number of allylic oxidation sites excluding steroid dienone is 1. The number of nitriles is 1. The molecule has 2 aromatic carbocycles. The Balaban J connectivity index is 2.49. The van der Waals surface area contributed by atoms with Gasteiger partial charge in [-0.3, -0.25) is 0 Å². The van der Waals surface area contributed by atoms with E-state index in [0.717, 1.165) is 11.1 Å². The van der Waals surface area contributed by atoms with Crippen molar-refractivity contribution in [3.05, 3.63) is 58.1 Å². The molecule has 0 N–H and O–H groups in total. The van der Waals surface area contributed by atoms with E-state index in [1.165, 1.54) is 0 Å². The normalized spacial score (nSPS) is 11.0. The van der Waals surface area contributed by atoms with Crippen LogP contribution in [-0.4, -0.2) is 13.7 Å². The first-order valence-electron chi connectivity index (χ1n) is 7.28. The standard InChI is InChI=1S/C19H18ClNO2/c1-4-23-19-10-15(17(20)11-18(19)22-3)9-16(12-21)14-7-5-13(2)6-8-14/h5-11H,4H2,1-3H3/b16-9-. The Labute approximate surface area is 141 Å². The highest BCUT2D eigenvalue weighted by Crippen LogP contribution is 2.35. The predicted octanol–water partition coefficient (Wildman–Crippen LogP) is 5.12. The van der Waals surface area contributed by atoms with Gasteiger partial charge in [-0.1, -0.05) is 41.4 Å². The van der Waals surface area contributed by atoms with E-state index in [1.807, 2.05) is 38.1 Å². The summed E-state index contributed by atoms with van der Waals surface area (Å²) in [5.41, 5.74) is 3.25. The van der Waals surface area contributed by atoms with E-state index in [0.29, 0.717) is 34.3 Å². The molecule has 0 aliphatic heterocycles. The van der Waals surface area contributed by atoms with E-state index >= 15 is 0 Å². The number of benzene rings is 2. The Morgan fingerprint density at radius 2 is 1.91 bits per heavy atom. The largest absolute Gasteiger partial charge is 0.493 e. The summed E-state index contributed by atoms with van der Waals surface area (Å²) in [7, 11) is 1.57. The molecular weight excluding hydrogens is 310 g/mol. The lowest BCUT2D eigenvalue weighted by molar-refractivity contribution is 0.311. The fourth-order valence-corrected chi connectivity index (χ4v) is 2.37. The summed E-state index contributed by atoms with van der Waals surface area (Å²) >= 11 is 6.30. The molecule has 0 fully saturated rings. The van der Waals surface area contributed by atoms with E-state index in [-0.39, 0.29) is 0 Å². The molecule has 0 saturated heterocycles.